The van der Waals surface area contributed by atoms with Crippen molar-refractivity contribution in [3.05, 3.63) is 47.5 Å². The van der Waals surface area contributed by atoms with E-state index in [1.165, 1.54) is 5.56 Å². The predicted molar refractivity (Wildman–Crippen MR) is 65.2 cm³/mol. The fourth-order valence-corrected chi connectivity index (χ4v) is 1.54. The highest BCUT2D eigenvalue weighted by Gasteiger charge is 2.07. The zero-order valence-corrected chi connectivity index (χ0v) is 10.1. The minimum absolute atomic E-state index is 0.227. The van der Waals surface area contributed by atoms with E-state index in [4.69, 9.17) is 4.74 Å². The normalized spacial score (nSPS) is 13.3. The highest BCUT2D eigenvalue weighted by atomic mass is 16.5. The number of carbonyl (C=O) groups is 1. The number of ether oxygens (including phenoxy) is 1. The van der Waals surface area contributed by atoms with Gasteiger partial charge in [-0.3, -0.25) is 0 Å². The van der Waals surface area contributed by atoms with E-state index in [0.717, 1.165) is 0 Å². The lowest BCUT2D eigenvalue weighted by Crippen LogP contribution is -2.06. The van der Waals surface area contributed by atoms with Crippen molar-refractivity contribution in [2.24, 2.45) is 0 Å². The Hall–Kier alpha value is -1.57. The molecule has 0 radical (unpaired) electrons. The van der Waals surface area contributed by atoms with Crippen molar-refractivity contribution >= 4 is 5.97 Å². The molecule has 0 aromatic heterocycles. The van der Waals surface area contributed by atoms with Crippen LogP contribution in [0.4, 0.5) is 0 Å². The quantitative estimate of drug-likeness (QED) is 0.572. The molecule has 1 rings (SSSR count). The van der Waals surface area contributed by atoms with Crippen molar-refractivity contribution in [1.29, 1.82) is 0 Å². The molecular formula is C14H18O2. The van der Waals surface area contributed by atoms with E-state index in [-0.39, 0.29) is 11.9 Å². The second-order valence-electron chi connectivity index (χ2n) is 3.77. The van der Waals surface area contributed by atoms with E-state index in [9.17, 15) is 4.79 Å². The molecule has 0 N–H and O–H groups in total. The van der Waals surface area contributed by atoms with E-state index < -0.39 is 0 Å². The van der Waals surface area contributed by atoms with Gasteiger partial charge in [-0.05, 0) is 25.3 Å². The number of hydrogen-bond acceptors (Lipinski definition) is 2. The first-order valence-corrected chi connectivity index (χ1v) is 5.55. The van der Waals surface area contributed by atoms with Crippen molar-refractivity contribution < 1.29 is 9.53 Å². The lowest BCUT2D eigenvalue weighted by atomic mass is 9.99. The summed E-state index contributed by atoms with van der Waals surface area (Å²) in [5.74, 6) is -0.00381. The molecular weight excluding hydrogens is 200 g/mol. The predicted octanol–water partition coefficient (Wildman–Crippen LogP) is 3.30. The van der Waals surface area contributed by atoms with Gasteiger partial charge in [0.05, 0.1) is 6.61 Å². The maximum atomic E-state index is 11.4. The van der Waals surface area contributed by atoms with E-state index >= 15 is 0 Å². The highest BCUT2D eigenvalue weighted by molar-refractivity contribution is 5.87. The lowest BCUT2D eigenvalue weighted by molar-refractivity contribution is -0.138. The second kappa shape index (κ2) is 6.11. The second-order valence-corrected chi connectivity index (χ2v) is 3.77. The third-order valence-corrected chi connectivity index (χ3v) is 2.42. The molecule has 0 fully saturated rings. The summed E-state index contributed by atoms with van der Waals surface area (Å²) >= 11 is 0. The Morgan fingerprint density at radius 2 is 2.00 bits per heavy atom. The van der Waals surface area contributed by atoms with E-state index in [0.29, 0.717) is 12.2 Å². The topological polar surface area (TPSA) is 26.3 Å². The van der Waals surface area contributed by atoms with Crippen LogP contribution in [0.25, 0.3) is 0 Å². The minimum atomic E-state index is -0.231. The van der Waals surface area contributed by atoms with Crippen LogP contribution in [0.3, 0.4) is 0 Å². The van der Waals surface area contributed by atoms with E-state index in [1.807, 2.05) is 31.2 Å². The summed E-state index contributed by atoms with van der Waals surface area (Å²) in [5, 5.41) is 0. The standard InChI is InChI=1S/C14H18O2/c1-4-16-14(15)12(3)10-11(2)13-8-6-5-7-9-13/h5-11H,4H2,1-3H3/b12-10+/t11-/m1/s1. The smallest absolute Gasteiger partial charge is 0.333 e. The molecule has 1 aromatic carbocycles. The SMILES string of the molecule is CCOC(=O)/C(C)=C/[C@@H](C)c1ccccc1. The molecule has 1 aromatic rings. The highest BCUT2D eigenvalue weighted by Crippen LogP contribution is 2.18. The number of carbonyl (C=O) groups excluding carboxylic acids is 1. The van der Waals surface area contributed by atoms with E-state index in [2.05, 4.69) is 19.1 Å². The number of allylic oxidation sites excluding steroid dienone is 1. The van der Waals surface area contributed by atoms with Gasteiger partial charge in [0.25, 0.3) is 0 Å². The summed E-state index contributed by atoms with van der Waals surface area (Å²) in [4.78, 5) is 11.4. The van der Waals surface area contributed by atoms with Crippen molar-refractivity contribution in [1.82, 2.24) is 0 Å². The zero-order chi connectivity index (χ0) is 12.0. The van der Waals surface area contributed by atoms with Crippen LogP contribution in [0.1, 0.15) is 32.3 Å². The number of rotatable bonds is 4. The molecule has 0 saturated heterocycles. The maximum absolute atomic E-state index is 11.4. The van der Waals surface area contributed by atoms with Gasteiger partial charge in [0, 0.05) is 5.57 Å². The van der Waals surface area contributed by atoms with Crippen molar-refractivity contribution in [2.75, 3.05) is 6.61 Å². The third kappa shape index (κ3) is 3.54. The van der Waals surface area contributed by atoms with Crippen LogP contribution in [0, 0.1) is 0 Å². The summed E-state index contributed by atoms with van der Waals surface area (Å²) in [6.45, 7) is 6.09. The largest absolute Gasteiger partial charge is 0.463 e. The van der Waals surface area contributed by atoms with E-state index in [1.54, 1.807) is 6.92 Å². The molecule has 16 heavy (non-hydrogen) atoms. The van der Waals surface area contributed by atoms with Crippen LogP contribution >= 0.6 is 0 Å². The first-order valence-electron chi connectivity index (χ1n) is 5.55. The van der Waals surface area contributed by atoms with Gasteiger partial charge >= 0.3 is 5.97 Å². The van der Waals surface area contributed by atoms with Crippen molar-refractivity contribution in [2.45, 2.75) is 26.7 Å². The van der Waals surface area contributed by atoms with Gasteiger partial charge < -0.3 is 4.74 Å². The Morgan fingerprint density at radius 3 is 2.56 bits per heavy atom. The molecule has 0 bridgehead atoms. The Labute approximate surface area is 96.9 Å². The Balaban J connectivity index is 2.73. The van der Waals surface area contributed by atoms with Crippen LogP contribution in [0.2, 0.25) is 0 Å². The molecule has 1 atom stereocenters. The van der Waals surface area contributed by atoms with Gasteiger partial charge in [-0.25, -0.2) is 4.79 Å². The van der Waals surface area contributed by atoms with Gasteiger partial charge in [-0.1, -0.05) is 43.3 Å². The maximum Gasteiger partial charge on any atom is 0.333 e. The fourth-order valence-electron chi connectivity index (χ4n) is 1.54. The molecule has 0 saturated carbocycles. The minimum Gasteiger partial charge on any atom is -0.463 e. The first kappa shape index (κ1) is 12.5. The molecule has 0 amide bonds. The molecule has 86 valence electrons. The van der Waals surface area contributed by atoms with Crippen LogP contribution in [-0.2, 0) is 9.53 Å². The number of esters is 1. The monoisotopic (exact) mass is 218 g/mol. The molecule has 0 aliphatic carbocycles. The average molecular weight is 218 g/mol. The van der Waals surface area contributed by atoms with Gasteiger partial charge in [0.1, 0.15) is 0 Å². The van der Waals surface area contributed by atoms with Gasteiger partial charge in [-0.15, -0.1) is 0 Å². The molecule has 2 heteroatoms. The summed E-state index contributed by atoms with van der Waals surface area (Å²) in [6.07, 6.45) is 1.94. The van der Waals surface area contributed by atoms with Crippen LogP contribution in [0.15, 0.2) is 42.0 Å². The summed E-state index contributed by atoms with van der Waals surface area (Å²) < 4.78 is 4.93. The summed E-state index contributed by atoms with van der Waals surface area (Å²) in [7, 11) is 0. The Kier molecular flexibility index (Phi) is 4.77. The molecule has 0 aliphatic rings. The molecule has 2 nitrogen and oxygen atoms in total. The third-order valence-electron chi connectivity index (χ3n) is 2.42. The van der Waals surface area contributed by atoms with Gasteiger partial charge in [0.2, 0.25) is 0 Å². The summed E-state index contributed by atoms with van der Waals surface area (Å²) in [5.41, 5.74) is 1.87. The molecule has 0 aliphatic heterocycles. The molecule has 0 spiro atoms. The number of hydrogen-bond donors (Lipinski definition) is 0. The Bertz CT molecular complexity index is 366. The fraction of sp³-hybridized carbons (Fsp3) is 0.357. The molecule has 0 heterocycles. The first-order chi connectivity index (χ1) is 7.65. The van der Waals surface area contributed by atoms with Gasteiger partial charge in [-0.2, -0.15) is 0 Å². The van der Waals surface area contributed by atoms with Crippen LogP contribution in [-0.4, -0.2) is 12.6 Å². The Morgan fingerprint density at radius 1 is 1.38 bits per heavy atom. The zero-order valence-electron chi connectivity index (χ0n) is 10.1. The van der Waals surface area contributed by atoms with Crippen LogP contribution < -0.4 is 0 Å². The lowest BCUT2D eigenvalue weighted by Gasteiger charge is -2.08. The van der Waals surface area contributed by atoms with Gasteiger partial charge in [0.15, 0.2) is 0 Å². The van der Waals surface area contributed by atoms with Crippen molar-refractivity contribution in [3.8, 4) is 0 Å². The van der Waals surface area contributed by atoms with Crippen LogP contribution in [0.5, 0.6) is 0 Å². The number of benzene rings is 1. The summed E-state index contributed by atoms with van der Waals surface area (Å²) in [6, 6.07) is 10.1. The molecule has 0 unspecified atom stereocenters. The van der Waals surface area contributed by atoms with Crippen molar-refractivity contribution in [3.63, 3.8) is 0 Å². The average Bonchev–Trinajstić information content (AvgIpc) is 2.30.